The van der Waals surface area contributed by atoms with Gasteiger partial charge in [0.15, 0.2) is 0 Å². The topological polar surface area (TPSA) is 29.5 Å². The molecule has 2 atom stereocenters. The highest BCUT2D eigenvalue weighted by Crippen LogP contribution is 2.40. The molecule has 0 saturated carbocycles. The smallest absolute Gasteiger partial charge is 0.127 e. The maximum Gasteiger partial charge on any atom is 0.127 e. The average molecular weight is 262 g/mol. The lowest BCUT2D eigenvalue weighted by Gasteiger charge is -2.29. The molecule has 2 aromatic carbocycles. The Bertz CT molecular complexity index is 596. The van der Waals surface area contributed by atoms with Crippen molar-refractivity contribution in [3.8, 4) is 5.75 Å². The van der Waals surface area contributed by atoms with Gasteiger partial charge < -0.3 is 9.84 Å². The standard InChI is InChI=1S/C15H12F2O2/c16-10-3-1-9(2-4-10)15-8-13(18)12-7-11(17)5-6-14(12)19-15/h1-7,13,15,18H,8H2. The SMILES string of the molecule is OC1CC(c2ccc(F)cc2)Oc2ccc(F)cc21. The molecule has 1 N–H and O–H groups in total. The van der Waals surface area contributed by atoms with Crippen LogP contribution in [0.4, 0.5) is 8.78 Å². The van der Waals surface area contributed by atoms with E-state index in [4.69, 9.17) is 4.74 Å². The normalized spacial score (nSPS) is 21.6. The predicted molar refractivity (Wildman–Crippen MR) is 65.7 cm³/mol. The molecule has 1 heterocycles. The highest BCUT2D eigenvalue weighted by atomic mass is 19.1. The van der Waals surface area contributed by atoms with Crippen LogP contribution in [0.2, 0.25) is 0 Å². The van der Waals surface area contributed by atoms with Gasteiger partial charge in [-0.2, -0.15) is 0 Å². The Labute approximate surface area is 109 Å². The van der Waals surface area contributed by atoms with Crippen LogP contribution in [-0.4, -0.2) is 5.11 Å². The first kappa shape index (κ1) is 12.1. The highest BCUT2D eigenvalue weighted by molar-refractivity contribution is 5.38. The molecule has 0 spiro atoms. The van der Waals surface area contributed by atoms with Crippen molar-refractivity contribution in [3.63, 3.8) is 0 Å². The molecule has 19 heavy (non-hydrogen) atoms. The van der Waals surface area contributed by atoms with Crippen LogP contribution in [0.3, 0.4) is 0 Å². The first-order valence-electron chi connectivity index (χ1n) is 6.03. The number of rotatable bonds is 1. The van der Waals surface area contributed by atoms with Crippen molar-refractivity contribution in [1.29, 1.82) is 0 Å². The van der Waals surface area contributed by atoms with Crippen molar-refractivity contribution < 1.29 is 18.6 Å². The van der Waals surface area contributed by atoms with E-state index in [1.807, 2.05) is 0 Å². The molecule has 1 aliphatic rings. The Kier molecular flexibility index (Phi) is 2.95. The van der Waals surface area contributed by atoms with Crippen molar-refractivity contribution in [2.45, 2.75) is 18.6 Å². The monoisotopic (exact) mass is 262 g/mol. The fraction of sp³-hybridized carbons (Fsp3) is 0.200. The number of ether oxygens (including phenoxy) is 1. The molecule has 98 valence electrons. The van der Waals surface area contributed by atoms with Gasteiger partial charge >= 0.3 is 0 Å². The molecular formula is C15H12F2O2. The summed E-state index contributed by atoms with van der Waals surface area (Å²) in [5.41, 5.74) is 1.24. The Morgan fingerprint density at radius 1 is 1.00 bits per heavy atom. The molecule has 1 aliphatic heterocycles. The zero-order chi connectivity index (χ0) is 13.4. The lowest BCUT2D eigenvalue weighted by Crippen LogP contribution is -2.19. The van der Waals surface area contributed by atoms with Gasteiger partial charge in [-0.25, -0.2) is 8.78 Å². The minimum absolute atomic E-state index is 0.317. The van der Waals surface area contributed by atoms with Crippen molar-refractivity contribution >= 4 is 0 Å². The molecule has 0 amide bonds. The van der Waals surface area contributed by atoms with E-state index < -0.39 is 11.9 Å². The van der Waals surface area contributed by atoms with E-state index in [2.05, 4.69) is 0 Å². The highest BCUT2D eigenvalue weighted by Gasteiger charge is 2.28. The third-order valence-corrected chi connectivity index (χ3v) is 3.28. The summed E-state index contributed by atoms with van der Waals surface area (Å²) in [5.74, 6) is -0.251. The zero-order valence-corrected chi connectivity index (χ0v) is 10.0. The first-order chi connectivity index (χ1) is 9.13. The number of fused-ring (bicyclic) bond motifs is 1. The maximum absolute atomic E-state index is 13.1. The summed E-state index contributed by atoms with van der Waals surface area (Å²) in [5, 5.41) is 10.1. The van der Waals surface area contributed by atoms with Crippen LogP contribution in [0.1, 0.15) is 29.8 Å². The number of benzene rings is 2. The van der Waals surface area contributed by atoms with E-state index in [9.17, 15) is 13.9 Å². The molecular weight excluding hydrogens is 250 g/mol. The number of hydrogen-bond acceptors (Lipinski definition) is 2. The lowest BCUT2D eigenvalue weighted by atomic mass is 9.95. The number of hydrogen-bond donors (Lipinski definition) is 1. The van der Waals surface area contributed by atoms with E-state index >= 15 is 0 Å². The summed E-state index contributed by atoms with van der Waals surface area (Å²) >= 11 is 0. The van der Waals surface area contributed by atoms with Crippen molar-refractivity contribution in [2.24, 2.45) is 0 Å². The molecule has 0 bridgehead atoms. The number of halogens is 2. The van der Waals surface area contributed by atoms with Crippen molar-refractivity contribution in [3.05, 3.63) is 65.2 Å². The Morgan fingerprint density at radius 3 is 2.42 bits per heavy atom. The van der Waals surface area contributed by atoms with E-state index in [0.717, 1.165) is 5.56 Å². The van der Waals surface area contributed by atoms with E-state index in [1.165, 1.54) is 30.3 Å². The van der Waals surface area contributed by atoms with Gasteiger partial charge in [-0.05, 0) is 35.9 Å². The summed E-state index contributed by atoms with van der Waals surface area (Å²) in [4.78, 5) is 0. The maximum atomic E-state index is 13.1. The molecule has 2 unspecified atom stereocenters. The van der Waals surface area contributed by atoms with Crippen LogP contribution >= 0.6 is 0 Å². The summed E-state index contributed by atoms with van der Waals surface area (Å²) in [6, 6.07) is 10.0. The van der Waals surface area contributed by atoms with Gasteiger partial charge in [-0.3, -0.25) is 0 Å². The Morgan fingerprint density at radius 2 is 1.68 bits per heavy atom. The van der Waals surface area contributed by atoms with Gasteiger partial charge in [0.05, 0.1) is 6.10 Å². The fourth-order valence-electron chi connectivity index (χ4n) is 2.30. The number of aliphatic hydroxyl groups excluding tert-OH is 1. The van der Waals surface area contributed by atoms with Gasteiger partial charge in [-0.1, -0.05) is 12.1 Å². The van der Waals surface area contributed by atoms with Crippen LogP contribution in [0, 0.1) is 11.6 Å². The van der Waals surface area contributed by atoms with Crippen LogP contribution in [-0.2, 0) is 0 Å². The third-order valence-electron chi connectivity index (χ3n) is 3.28. The molecule has 0 aromatic heterocycles. The van der Waals surface area contributed by atoms with Crippen LogP contribution in [0.25, 0.3) is 0 Å². The second-order valence-corrected chi connectivity index (χ2v) is 4.59. The molecule has 2 aromatic rings. The van der Waals surface area contributed by atoms with Gasteiger partial charge in [0.1, 0.15) is 23.5 Å². The Balaban J connectivity index is 1.92. The largest absolute Gasteiger partial charge is 0.485 e. The molecule has 0 saturated heterocycles. The molecule has 3 rings (SSSR count). The van der Waals surface area contributed by atoms with Crippen LogP contribution < -0.4 is 4.74 Å². The van der Waals surface area contributed by atoms with Crippen molar-refractivity contribution in [1.82, 2.24) is 0 Å². The summed E-state index contributed by atoms with van der Waals surface area (Å²) in [6.45, 7) is 0. The third kappa shape index (κ3) is 2.31. The molecule has 0 fully saturated rings. The van der Waals surface area contributed by atoms with Gasteiger partial charge in [0, 0.05) is 12.0 Å². The minimum atomic E-state index is -0.783. The second kappa shape index (κ2) is 4.63. The Hall–Kier alpha value is -1.94. The van der Waals surface area contributed by atoms with Crippen molar-refractivity contribution in [2.75, 3.05) is 0 Å². The zero-order valence-electron chi connectivity index (χ0n) is 10.0. The molecule has 0 aliphatic carbocycles. The summed E-state index contributed by atoms with van der Waals surface area (Å²) in [6.07, 6.45) is -0.815. The fourth-order valence-corrected chi connectivity index (χ4v) is 2.30. The lowest BCUT2D eigenvalue weighted by molar-refractivity contribution is 0.0653. The van der Waals surface area contributed by atoms with Crippen LogP contribution in [0.15, 0.2) is 42.5 Å². The second-order valence-electron chi connectivity index (χ2n) is 4.59. The van der Waals surface area contributed by atoms with E-state index in [-0.39, 0.29) is 11.9 Å². The summed E-state index contributed by atoms with van der Waals surface area (Å²) in [7, 11) is 0. The average Bonchev–Trinajstić information content (AvgIpc) is 2.40. The van der Waals surface area contributed by atoms with E-state index in [1.54, 1.807) is 12.1 Å². The van der Waals surface area contributed by atoms with E-state index in [0.29, 0.717) is 17.7 Å². The van der Waals surface area contributed by atoms with Gasteiger partial charge in [-0.15, -0.1) is 0 Å². The predicted octanol–water partition coefficient (Wildman–Crippen LogP) is 3.52. The van der Waals surface area contributed by atoms with Gasteiger partial charge in [0.2, 0.25) is 0 Å². The molecule has 2 nitrogen and oxygen atoms in total. The minimum Gasteiger partial charge on any atom is -0.485 e. The molecule has 4 heteroatoms. The number of aliphatic hydroxyl groups is 1. The quantitative estimate of drug-likeness (QED) is 0.852. The summed E-state index contributed by atoms with van der Waals surface area (Å²) < 4.78 is 31.7. The van der Waals surface area contributed by atoms with Crippen LogP contribution in [0.5, 0.6) is 5.75 Å². The first-order valence-corrected chi connectivity index (χ1v) is 6.03. The molecule has 0 radical (unpaired) electrons. The van der Waals surface area contributed by atoms with Gasteiger partial charge in [0.25, 0.3) is 0 Å².